The Morgan fingerprint density at radius 1 is 1.53 bits per heavy atom. The maximum absolute atomic E-state index is 11.9. The molecule has 0 saturated heterocycles. The van der Waals surface area contributed by atoms with Gasteiger partial charge in [-0.3, -0.25) is 4.79 Å². The summed E-state index contributed by atoms with van der Waals surface area (Å²) < 4.78 is 0. The van der Waals surface area contributed by atoms with E-state index >= 15 is 0 Å². The second kappa shape index (κ2) is 8.41. The number of nitrogens with one attached hydrogen (secondary N) is 1. The van der Waals surface area contributed by atoms with Gasteiger partial charge in [0.1, 0.15) is 0 Å². The van der Waals surface area contributed by atoms with Crippen LogP contribution < -0.4 is 5.32 Å². The van der Waals surface area contributed by atoms with Gasteiger partial charge in [0.15, 0.2) is 5.78 Å². The molecule has 0 aromatic heterocycles. The number of ketones is 1. The minimum Gasteiger partial charge on any atom is -0.335 e. The van der Waals surface area contributed by atoms with Gasteiger partial charge in [0.25, 0.3) is 0 Å². The third-order valence-corrected chi connectivity index (χ3v) is 2.32. The molecule has 0 saturated carbocycles. The molecule has 1 unspecified atom stereocenters. The quantitative estimate of drug-likeness (QED) is 0.415. The molecule has 0 amide bonds. The Labute approximate surface area is 104 Å². The van der Waals surface area contributed by atoms with Crippen molar-refractivity contribution in [3.05, 3.63) is 36.5 Å². The Balaban J connectivity index is 4.85. The van der Waals surface area contributed by atoms with E-state index in [0.29, 0.717) is 6.42 Å². The molecule has 0 aliphatic rings. The molecule has 2 heteroatoms. The van der Waals surface area contributed by atoms with E-state index in [0.717, 1.165) is 5.57 Å². The number of rotatable bonds is 7. The van der Waals surface area contributed by atoms with Crippen molar-refractivity contribution in [1.82, 2.24) is 5.32 Å². The van der Waals surface area contributed by atoms with Crippen molar-refractivity contribution in [2.24, 2.45) is 5.92 Å². The van der Waals surface area contributed by atoms with E-state index in [1.807, 2.05) is 39.0 Å². The predicted octanol–water partition coefficient (Wildman–Crippen LogP) is 2.84. The molecule has 2 nitrogen and oxygen atoms in total. The molecule has 0 aromatic carbocycles. The number of allylic oxidation sites excluding steroid dienone is 4. The van der Waals surface area contributed by atoms with Gasteiger partial charge in [-0.15, -0.1) is 0 Å². The van der Waals surface area contributed by atoms with Crippen LogP contribution in [0.4, 0.5) is 0 Å². The van der Waals surface area contributed by atoms with Crippen LogP contribution in [0.1, 0.15) is 27.2 Å². The van der Waals surface area contributed by atoms with Crippen LogP contribution >= 0.6 is 0 Å². The summed E-state index contributed by atoms with van der Waals surface area (Å²) in [6.07, 6.45) is 13.3. The number of terminal acetylenes is 1. The van der Waals surface area contributed by atoms with Crippen molar-refractivity contribution in [2.75, 3.05) is 0 Å². The zero-order valence-corrected chi connectivity index (χ0v) is 10.9. The molecule has 17 heavy (non-hydrogen) atoms. The van der Waals surface area contributed by atoms with E-state index < -0.39 is 0 Å². The molecule has 0 bridgehead atoms. The first kappa shape index (κ1) is 15.2. The van der Waals surface area contributed by atoms with Gasteiger partial charge in [0, 0.05) is 18.4 Å². The second-order valence-electron chi connectivity index (χ2n) is 4.08. The summed E-state index contributed by atoms with van der Waals surface area (Å²) in [4.78, 5) is 11.9. The highest BCUT2D eigenvalue weighted by atomic mass is 16.1. The van der Waals surface area contributed by atoms with Gasteiger partial charge in [0.05, 0.1) is 6.04 Å². The van der Waals surface area contributed by atoms with E-state index in [1.54, 1.807) is 6.08 Å². The van der Waals surface area contributed by atoms with Crippen LogP contribution in [0, 0.1) is 18.4 Å². The Morgan fingerprint density at radius 3 is 2.59 bits per heavy atom. The summed E-state index contributed by atoms with van der Waals surface area (Å²) in [5, 5.41) is 2.78. The summed E-state index contributed by atoms with van der Waals surface area (Å²) >= 11 is 0. The lowest BCUT2D eigenvalue weighted by molar-refractivity contribution is -0.123. The minimum absolute atomic E-state index is 0.0311. The molecule has 92 valence electrons. The smallest absolute Gasteiger partial charge is 0.158 e. The molecule has 0 aliphatic heterocycles. The normalized spacial score (nSPS) is 13.5. The standard InChI is InChI=1S/C15H21NO/c1-6-9-13(10-7-2)11-14(16-8-3)15(17)12(4)5/h3,6-7,9-10,12,14,16H,1,11H2,2,4-5H3/b10-7-,13-9+. The molecule has 0 aromatic rings. The van der Waals surface area contributed by atoms with Gasteiger partial charge < -0.3 is 5.32 Å². The Morgan fingerprint density at radius 2 is 2.18 bits per heavy atom. The number of carbonyl (C=O) groups excluding carboxylic acids is 1. The van der Waals surface area contributed by atoms with Gasteiger partial charge in [-0.1, -0.05) is 51.2 Å². The van der Waals surface area contributed by atoms with E-state index in [2.05, 4.69) is 17.9 Å². The van der Waals surface area contributed by atoms with E-state index in [-0.39, 0.29) is 17.7 Å². The Hall–Kier alpha value is -1.75. The van der Waals surface area contributed by atoms with Crippen LogP contribution in [0.25, 0.3) is 0 Å². The highest BCUT2D eigenvalue weighted by Crippen LogP contribution is 2.12. The van der Waals surface area contributed by atoms with Crippen molar-refractivity contribution < 1.29 is 4.79 Å². The first-order valence-corrected chi connectivity index (χ1v) is 5.75. The number of hydrogen-bond donors (Lipinski definition) is 1. The number of hydrogen-bond acceptors (Lipinski definition) is 2. The van der Waals surface area contributed by atoms with Crippen molar-refractivity contribution in [2.45, 2.75) is 33.2 Å². The maximum Gasteiger partial charge on any atom is 0.158 e. The average molecular weight is 231 g/mol. The van der Waals surface area contributed by atoms with Gasteiger partial charge in [-0.2, -0.15) is 0 Å². The zero-order chi connectivity index (χ0) is 13.3. The number of carbonyl (C=O) groups is 1. The monoisotopic (exact) mass is 231 g/mol. The lowest BCUT2D eigenvalue weighted by atomic mass is 9.95. The third-order valence-electron chi connectivity index (χ3n) is 2.32. The fourth-order valence-electron chi connectivity index (χ4n) is 1.52. The summed E-state index contributed by atoms with van der Waals surface area (Å²) in [5.41, 5.74) is 1.03. The van der Waals surface area contributed by atoms with Crippen LogP contribution in [0.3, 0.4) is 0 Å². The van der Waals surface area contributed by atoms with Crippen LogP contribution in [0.2, 0.25) is 0 Å². The number of Topliss-reactive ketones (excluding diaryl/α,β-unsaturated/α-hetero) is 1. The van der Waals surface area contributed by atoms with Crippen LogP contribution in [0.15, 0.2) is 36.5 Å². The molecule has 0 rings (SSSR count). The topological polar surface area (TPSA) is 29.1 Å². The fourth-order valence-corrected chi connectivity index (χ4v) is 1.52. The summed E-state index contributed by atoms with van der Waals surface area (Å²) in [6, 6.07) is 2.01. The van der Waals surface area contributed by atoms with Crippen molar-refractivity contribution >= 4 is 5.78 Å². The molecule has 1 N–H and O–H groups in total. The first-order chi connectivity index (χ1) is 8.06. The minimum atomic E-state index is -0.331. The maximum atomic E-state index is 11.9. The van der Waals surface area contributed by atoms with Crippen molar-refractivity contribution in [3.63, 3.8) is 0 Å². The molecule has 0 heterocycles. The zero-order valence-electron chi connectivity index (χ0n) is 10.9. The van der Waals surface area contributed by atoms with E-state index in [9.17, 15) is 4.79 Å². The summed E-state index contributed by atoms with van der Waals surface area (Å²) in [6.45, 7) is 9.35. The Bertz CT molecular complexity index is 356. The lowest BCUT2D eigenvalue weighted by Crippen LogP contribution is -2.36. The van der Waals surface area contributed by atoms with Crippen molar-refractivity contribution in [3.8, 4) is 12.5 Å². The van der Waals surface area contributed by atoms with Gasteiger partial charge in [-0.05, 0) is 12.5 Å². The van der Waals surface area contributed by atoms with Gasteiger partial charge in [0.2, 0.25) is 0 Å². The summed E-state index contributed by atoms with van der Waals surface area (Å²) in [5.74, 6) is 0.0962. The summed E-state index contributed by atoms with van der Waals surface area (Å²) in [7, 11) is 0. The van der Waals surface area contributed by atoms with Crippen LogP contribution in [-0.2, 0) is 4.79 Å². The molecule has 0 aliphatic carbocycles. The predicted molar refractivity (Wildman–Crippen MR) is 73.3 cm³/mol. The largest absolute Gasteiger partial charge is 0.335 e. The average Bonchev–Trinajstić information content (AvgIpc) is 2.28. The molecule has 0 fully saturated rings. The second-order valence-corrected chi connectivity index (χ2v) is 4.08. The molecular formula is C15H21NO. The molecular weight excluding hydrogens is 210 g/mol. The van der Waals surface area contributed by atoms with Gasteiger partial charge >= 0.3 is 0 Å². The SMILES string of the molecule is C#CNC(CC(/C=C\C)=C/C=C)C(=O)C(C)C. The van der Waals surface area contributed by atoms with Crippen LogP contribution in [-0.4, -0.2) is 11.8 Å². The highest BCUT2D eigenvalue weighted by molar-refractivity contribution is 5.86. The lowest BCUT2D eigenvalue weighted by Gasteiger charge is -2.17. The van der Waals surface area contributed by atoms with E-state index in [4.69, 9.17) is 6.42 Å². The fraction of sp³-hybridized carbons (Fsp3) is 0.400. The van der Waals surface area contributed by atoms with Crippen LogP contribution in [0.5, 0.6) is 0 Å². The van der Waals surface area contributed by atoms with Gasteiger partial charge in [-0.25, -0.2) is 0 Å². The Kier molecular flexibility index (Phi) is 7.54. The van der Waals surface area contributed by atoms with Crippen molar-refractivity contribution in [1.29, 1.82) is 0 Å². The highest BCUT2D eigenvalue weighted by Gasteiger charge is 2.20. The third kappa shape index (κ3) is 5.77. The first-order valence-electron chi connectivity index (χ1n) is 5.75. The molecule has 1 atom stereocenters. The molecule has 0 spiro atoms. The van der Waals surface area contributed by atoms with E-state index in [1.165, 1.54) is 0 Å². The molecule has 0 radical (unpaired) electrons.